The van der Waals surface area contributed by atoms with Crippen LogP contribution in [0, 0.1) is 24.7 Å². The Labute approximate surface area is 208 Å². The molecule has 0 bridgehead atoms. The molecule has 0 radical (unpaired) electrons. The van der Waals surface area contributed by atoms with Gasteiger partial charge in [0.25, 0.3) is 0 Å². The standard InChI is InChI=1S/C26H42N6O3/c1-18-28-25(29-30(18)2)24(26(34)27-15-22-7-4-14-35-22)32-13-11-20-10-12-31(16-21(20)17-32)23(33)9-8-19-5-3-6-19/h19-22,24H,3-17H2,1-2H3,(H,27,34). The number of amides is 2. The molecule has 1 aromatic rings. The molecule has 0 spiro atoms. The Morgan fingerprint density at radius 3 is 2.60 bits per heavy atom. The summed E-state index contributed by atoms with van der Waals surface area (Å²) in [6, 6.07) is -0.512. The Bertz CT molecular complexity index is 874. The summed E-state index contributed by atoms with van der Waals surface area (Å²) in [5, 5.41) is 7.72. The number of hydrogen-bond acceptors (Lipinski definition) is 6. The van der Waals surface area contributed by atoms with Crippen LogP contribution in [0.15, 0.2) is 0 Å². The number of fused-ring (bicyclic) bond motifs is 1. The van der Waals surface area contributed by atoms with E-state index < -0.39 is 6.04 Å². The van der Waals surface area contributed by atoms with E-state index >= 15 is 0 Å². The number of piperidine rings is 2. The zero-order chi connectivity index (χ0) is 24.4. The Kier molecular flexibility index (Phi) is 7.72. The maximum atomic E-state index is 13.5. The van der Waals surface area contributed by atoms with Crippen LogP contribution >= 0.6 is 0 Å². The molecular formula is C26H42N6O3. The molecule has 194 valence electrons. The van der Waals surface area contributed by atoms with E-state index in [9.17, 15) is 9.59 Å². The van der Waals surface area contributed by atoms with Gasteiger partial charge < -0.3 is 15.0 Å². The second-order valence-electron chi connectivity index (χ2n) is 11.2. The van der Waals surface area contributed by atoms with Crippen molar-refractivity contribution in [1.82, 2.24) is 29.9 Å². The third kappa shape index (κ3) is 5.71. The minimum Gasteiger partial charge on any atom is -0.376 e. The monoisotopic (exact) mass is 486 g/mol. The third-order valence-electron chi connectivity index (χ3n) is 8.87. The van der Waals surface area contributed by atoms with Gasteiger partial charge in [-0.2, -0.15) is 5.10 Å². The Balaban J connectivity index is 1.24. The molecule has 4 atom stereocenters. The summed E-state index contributed by atoms with van der Waals surface area (Å²) in [7, 11) is 1.87. The lowest BCUT2D eigenvalue weighted by Crippen LogP contribution is -2.54. The van der Waals surface area contributed by atoms with Gasteiger partial charge in [-0.1, -0.05) is 19.3 Å². The first-order valence-electron chi connectivity index (χ1n) is 13.8. The number of carbonyl (C=O) groups excluding carboxylic acids is 2. The molecule has 4 fully saturated rings. The molecule has 3 saturated heterocycles. The molecule has 4 heterocycles. The Hall–Kier alpha value is -2.00. The zero-order valence-electron chi connectivity index (χ0n) is 21.5. The van der Waals surface area contributed by atoms with E-state index in [4.69, 9.17) is 4.74 Å². The van der Waals surface area contributed by atoms with Gasteiger partial charge in [0.05, 0.1) is 6.10 Å². The SMILES string of the molecule is Cc1nc(C(C(=O)NCC2CCCO2)N2CCC3CCN(C(=O)CCC4CCC4)CC3C2)nn1C. The van der Waals surface area contributed by atoms with Crippen LogP contribution in [-0.4, -0.2) is 81.8 Å². The molecule has 4 unspecified atom stereocenters. The third-order valence-corrected chi connectivity index (χ3v) is 8.87. The second-order valence-corrected chi connectivity index (χ2v) is 11.2. The van der Waals surface area contributed by atoms with Crippen molar-refractivity contribution in [3.05, 3.63) is 11.6 Å². The average molecular weight is 487 g/mol. The maximum absolute atomic E-state index is 13.5. The van der Waals surface area contributed by atoms with Gasteiger partial charge in [0, 0.05) is 46.3 Å². The Morgan fingerprint density at radius 2 is 1.91 bits per heavy atom. The summed E-state index contributed by atoms with van der Waals surface area (Å²) in [6.07, 6.45) is 9.93. The van der Waals surface area contributed by atoms with E-state index in [-0.39, 0.29) is 12.0 Å². The van der Waals surface area contributed by atoms with Crippen LogP contribution in [0.1, 0.15) is 75.5 Å². The molecule has 9 nitrogen and oxygen atoms in total. The predicted molar refractivity (Wildman–Crippen MR) is 131 cm³/mol. The van der Waals surface area contributed by atoms with Crippen molar-refractivity contribution in [1.29, 1.82) is 0 Å². The predicted octanol–water partition coefficient (Wildman–Crippen LogP) is 2.21. The summed E-state index contributed by atoms with van der Waals surface area (Å²) in [5.74, 6) is 3.42. The van der Waals surface area contributed by atoms with Crippen LogP contribution in [0.3, 0.4) is 0 Å². The normalized spacial score (nSPS) is 28.4. The number of nitrogens with zero attached hydrogens (tertiary/aromatic N) is 5. The van der Waals surface area contributed by atoms with Gasteiger partial charge in [-0.05, 0) is 63.3 Å². The molecule has 4 aliphatic rings. The van der Waals surface area contributed by atoms with Gasteiger partial charge in [-0.15, -0.1) is 0 Å². The first-order valence-corrected chi connectivity index (χ1v) is 13.8. The summed E-state index contributed by atoms with van der Waals surface area (Å²) in [4.78, 5) is 35.4. The fourth-order valence-corrected chi connectivity index (χ4v) is 6.29. The van der Waals surface area contributed by atoms with E-state index in [1.807, 2.05) is 14.0 Å². The summed E-state index contributed by atoms with van der Waals surface area (Å²) < 4.78 is 7.45. The number of rotatable bonds is 8. The molecular weight excluding hydrogens is 444 g/mol. The van der Waals surface area contributed by atoms with E-state index in [1.54, 1.807) is 4.68 Å². The van der Waals surface area contributed by atoms with Gasteiger partial charge >= 0.3 is 0 Å². The highest BCUT2D eigenvalue weighted by Crippen LogP contribution is 2.36. The maximum Gasteiger partial charge on any atom is 0.245 e. The molecule has 5 rings (SSSR count). The number of ether oxygens (including phenoxy) is 1. The van der Waals surface area contributed by atoms with Crippen LogP contribution in [0.25, 0.3) is 0 Å². The van der Waals surface area contributed by atoms with Crippen LogP contribution in [0.5, 0.6) is 0 Å². The fraction of sp³-hybridized carbons (Fsp3) is 0.846. The number of aryl methyl sites for hydroxylation is 2. The molecule has 1 saturated carbocycles. The van der Waals surface area contributed by atoms with Gasteiger partial charge in [-0.25, -0.2) is 4.98 Å². The molecule has 9 heteroatoms. The average Bonchev–Trinajstić information content (AvgIpc) is 3.46. The van der Waals surface area contributed by atoms with E-state index in [2.05, 4.69) is 25.2 Å². The molecule has 2 amide bonds. The van der Waals surface area contributed by atoms with Crippen molar-refractivity contribution in [3.8, 4) is 0 Å². The minimum atomic E-state index is -0.512. The van der Waals surface area contributed by atoms with E-state index in [0.29, 0.717) is 36.5 Å². The van der Waals surface area contributed by atoms with Crippen molar-refractivity contribution in [2.75, 3.05) is 39.3 Å². The molecule has 0 aromatic carbocycles. The highest BCUT2D eigenvalue weighted by molar-refractivity contribution is 5.82. The lowest BCUT2D eigenvalue weighted by molar-refractivity contribution is -0.137. The second kappa shape index (κ2) is 10.9. The van der Waals surface area contributed by atoms with Crippen molar-refractivity contribution in [2.24, 2.45) is 24.8 Å². The topological polar surface area (TPSA) is 92.6 Å². The summed E-state index contributed by atoms with van der Waals surface area (Å²) in [5.41, 5.74) is 0. The van der Waals surface area contributed by atoms with E-state index in [1.165, 1.54) is 19.3 Å². The lowest BCUT2D eigenvalue weighted by atomic mass is 9.79. The summed E-state index contributed by atoms with van der Waals surface area (Å²) in [6.45, 7) is 6.57. The number of likely N-dealkylation sites (tertiary alicyclic amines) is 2. The molecule has 1 N–H and O–H groups in total. The molecule has 1 aliphatic carbocycles. The number of carbonyl (C=O) groups is 2. The highest BCUT2D eigenvalue weighted by Gasteiger charge is 2.41. The van der Waals surface area contributed by atoms with Crippen molar-refractivity contribution >= 4 is 11.8 Å². The van der Waals surface area contributed by atoms with Crippen molar-refractivity contribution in [3.63, 3.8) is 0 Å². The van der Waals surface area contributed by atoms with Crippen LogP contribution in [0.2, 0.25) is 0 Å². The van der Waals surface area contributed by atoms with Gasteiger partial charge in [0.2, 0.25) is 11.8 Å². The zero-order valence-corrected chi connectivity index (χ0v) is 21.5. The van der Waals surface area contributed by atoms with Crippen LogP contribution in [-0.2, 0) is 21.4 Å². The number of hydrogen-bond donors (Lipinski definition) is 1. The highest BCUT2D eigenvalue weighted by atomic mass is 16.5. The Morgan fingerprint density at radius 1 is 1.09 bits per heavy atom. The van der Waals surface area contributed by atoms with E-state index in [0.717, 1.165) is 76.6 Å². The smallest absolute Gasteiger partial charge is 0.245 e. The van der Waals surface area contributed by atoms with Gasteiger partial charge in [-0.3, -0.25) is 19.2 Å². The minimum absolute atomic E-state index is 0.0474. The van der Waals surface area contributed by atoms with Gasteiger partial charge in [0.1, 0.15) is 5.82 Å². The number of aromatic nitrogens is 3. The van der Waals surface area contributed by atoms with Crippen molar-refractivity contribution in [2.45, 2.75) is 76.9 Å². The number of nitrogens with one attached hydrogen (secondary N) is 1. The van der Waals surface area contributed by atoms with Crippen LogP contribution < -0.4 is 5.32 Å². The largest absolute Gasteiger partial charge is 0.376 e. The quantitative estimate of drug-likeness (QED) is 0.606. The summed E-state index contributed by atoms with van der Waals surface area (Å²) >= 11 is 0. The fourth-order valence-electron chi connectivity index (χ4n) is 6.29. The van der Waals surface area contributed by atoms with Gasteiger partial charge in [0.15, 0.2) is 11.9 Å². The lowest BCUT2D eigenvalue weighted by Gasteiger charge is -2.46. The molecule has 1 aromatic heterocycles. The molecule has 3 aliphatic heterocycles. The van der Waals surface area contributed by atoms with Crippen molar-refractivity contribution < 1.29 is 14.3 Å². The van der Waals surface area contributed by atoms with Crippen LogP contribution in [0.4, 0.5) is 0 Å². The first-order chi connectivity index (χ1) is 17.0. The molecule has 35 heavy (non-hydrogen) atoms. The first kappa shape index (κ1) is 24.7.